The number of nitrogens with one attached hydrogen (secondary N) is 2. The summed E-state index contributed by atoms with van der Waals surface area (Å²) in [5.74, 6) is -0.108. The van der Waals surface area contributed by atoms with Gasteiger partial charge >= 0.3 is 6.03 Å². The van der Waals surface area contributed by atoms with Crippen LogP contribution in [0.15, 0.2) is 35.5 Å². The minimum absolute atomic E-state index is 0.108. The van der Waals surface area contributed by atoms with Gasteiger partial charge in [0.25, 0.3) is 5.91 Å². The minimum Gasteiger partial charge on any atom is -0.378 e. The van der Waals surface area contributed by atoms with E-state index in [0.29, 0.717) is 48.2 Å². The summed E-state index contributed by atoms with van der Waals surface area (Å²) < 4.78 is 5.30. The van der Waals surface area contributed by atoms with Gasteiger partial charge < -0.3 is 20.3 Å². The summed E-state index contributed by atoms with van der Waals surface area (Å²) in [6.45, 7) is 3.86. The van der Waals surface area contributed by atoms with E-state index in [1.165, 1.54) is 0 Å². The molecule has 0 aliphatic carbocycles. The molecule has 2 aliphatic heterocycles. The maximum Gasteiger partial charge on any atom is 0.319 e. The largest absolute Gasteiger partial charge is 0.378 e. The lowest BCUT2D eigenvalue weighted by atomic mass is 9.94. The van der Waals surface area contributed by atoms with Gasteiger partial charge in [-0.2, -0.15) is 0 Å². The Morgan fingerprint density at radius 1 is 1.30 bits per heavy atom. The van der Waals surface area contributed by atoms with Crippen LogP contribution in [0.3, 0.4) is 0 Å². The number of carbonyl (C=O) groups excluding carboxylic acids is 2. The van der Waals surface area contributed by atoms with Crippen LogP contribution < -0.4 is 10.6 Å². The van der Waals surface area contributed by atoms with Crippen LogP contribution in [0.25, 0.3) is 0 Å². The molecule has 3 rings (SSSR count). The Hall–Kier alpha value is -2.05. The van der Waals surface area contributed by atoms with Crippen molar-refractivity contribution < 1.29 is 14.3 Å². The Bertz CT molecular complexity index is 668. The molecule has 1 aromatic rings. The molecule has 3 amide bonds. The van der Waals surface area contributed by atoms with Crippen LogP contribution in [0.4, 0.5) is 4.79 Å². The van der Waals surface area contributed by atoms with Gasteiger partial charge in [0.05, 0.1) is 24.8 Å². The maximum atomic E-state index is 12.9. The Labute approximate surface area is 139 Å². The molecular formula is C16H18ClN3O3. The van der Waals surface area contributed by atoms with Gasteiger partial charge in [0.2, 0.25) is 0 Å². The third-order valence-corrected chi connectivity index (χ3v) is 4.36. The van der Waals surface area contributed by atoms with Crippen molar-refractivity contribution in [2.45, 2.75) is 13.0 Å². The van der Waals surface area contributed by atoms with Crippen molar-refractivity contribution >= 4 is 23.5 Å². The average molecular weight is 336 g/mol. The molecule has 2 N–H and O–H groups in total. The number of ether oxygens (including phenoxy) is 1. The first-order valence-corrected chi connectivity index (χ1v) is 7.85. The normalized spacial score (nSPS) is 21.7. The van der Waals surface area contributed by atoms with E-state index in [1.54, 1.807) is 17.9 Å². The average Bonchev–Trinajstić information content (AvgIpc) is 2.55. The third kappa shape index (κ3) is 3.18. The van der Waals surface area contributed by atoms with Crippen LogP contribution in [0, 0.1) is 0 Å². The first-order chi connectivity index (χ1) is 11.1. The van der Waals surface area contributed by atoms with Crippen molar-refractivity contribution in [1.82, 2.24) is 15.5 Å². The maximum absolute atomic E-state index is 12.9. The molecule has 2 heterocycles. The van der Waals surface area contributed by atoms with Gasteiger partial charge in [0, 0.05) is 23.8 Å². The van der Waals surface area contributed by atoms with Gasteiger partial charge in [-0.05, 0) is 18.6 Å². The van der Waals surface area contributed by atoms with Crippen LogP contribution in [0.1, 0.15) is 18.5 Å². The van der Waals surface area contributed by atoms with Crippen LogP contribution in [-0.2, 0) is 9.53 Å². The minimum atomic E-state index is -0.562. The van der Waals surface area contributed by atoms with Gasteiger partial charge in [0.1, 0.15) is 0 Å². The van der Waals surface area contributed by atoms with E-state index in [-0.39, 0.29) is 11.9 Å². The zero-order valence-corrected chi connectivity index (χ0v) is 13.5. The topological polar surface area (TPSA) is 70.7 Å². The number of amides is 3. The number of hydrogen-bond acceptors (Lipinski definition) is 3. The van der Waals surface area contributed by atoms with E-state index in [2.05, 4.69) is 10.6 Å². The second-order valence-electron chi connectivity index (χ2n) is 5.50. The van der Waals surface area contributed by atoms with E-state index < -0.39 is 6.04 Å². The molecule has 1 unspecified atom stereocenters. The standard InChI is InChI=1S/C16H18ClN3O3/c1-10-13(15(21)20-6-8-23-9-7-20)14(19-16(22)18-10)11-4-2-3-5-12(11)17/h2-5,14H,6-9H2,1H3,(H2,18,19,22). The van der Waals surface area contributed by atoms with Gasteiger partial charge in [0.15, 0.2) is 0 Å². The van der Waals surface area contributed by atoms with Crippen LogP contribution >= 0.6 is 11.6 Å². The van der Waals surface area contributed by atoms with Crippen molar-refractivity contribution in [1.29, 1.82) is 0 Å². The summed E-state index contributed by atoms with van der Waals surface area (Å²) in [7, 11) is 0. The van der Waals surface area contributed by atoms with Crippen molar-refractivity contribution in [2.75, 3.05) is 26.3 Å². The fourth-order valence-corrected chi connectivity index (χ4v) is 3.10. The van der Waals surface area contributed by atoms with Crippen molar-refractivity contribution in [2.24, 2.45) is 0 Å². The van der Waals surface area contributed by atoms with Gasteiger partial charge in [-0.15, -0.1) is 0 Å². The highest BCUT2D eigenvalue weighted by Gasteiger charge is 2.34. The van der Waals surface area contributed by atoms with Crippen molar-refractivity contribution in [3.05, 3.63) is 46.1 Å². The van der Waals surface area contributed by atoms with Crippen LogP contribution in [0.2, 0.25) is 5.02 Å². The molecule has 1 atom stereocenters. The number of nitrogens with zero attached hydrogens (tertiary/aromatic N) is 1. The number of carbonyl (C=O) groups is 2. The summed E-state index contributed by atoms with van der Waals surface area (Å²) in [6, 6.07) is 6.31. The highest BCUT2D eigenvalue weighted by atomic mass is 35.5. The van der Waals surface area contributed by atoms with E-state index in [4.69, 9.17) is 16.3 Å². The first-order valence-electron chi connectivity index (χ1n) is 7.47. The van der Waals surface area contributed by atoms with Gasteiger partial charge in [-0.3, -0.25) is 4.79 Å². The number of allylic oxidation sites excluding steroid dienone is 1. The molecule has 0 bridgehead atoms. The molecule has 0 radical (unpaired) electrons. The van der Waals surface area contributed by atoms with E-state index in [9.17, 15) is 9.59 Å². The molecule has 1 saturated heterocycles. The van der Waals surface area contributed by atoms with Crippen molar-refractivity contribution in [3.63, 3.8) is 0 Å². The van der Waals surface area contributed by atoms with Crippen LogP contribution in [-0.4, -0.2) is 43.1 Å². The van der Waals surface area contributed by atoms with Crippen LogP contribution in [0.5, 0.6) is 0 Å². The van der Waals surface area contributed by atoms with E-state index >= 15 is 0 Å². The smallest absolute Gasteiger partial charge is 0.319 e. The first kappa shape index (κ1) is 15.8. The SMILES string of the molecule is CC1=C(C(=O)N2CCOCC2)C(c2ccccc2Cl)NC(=O)N1. The third-order valence-electron chi connectivity index (χ3n) is 4.01. The molecule has 23 heavy (non-hydrogen) atoms. The van der Waals surface area contributed by atoms with E-state index in [1.807, 2.05) is 18.2 Å². The second kappa shape index (κ2) is 6.60. The summed E-state index contributed by atoms with van der Waals surface area (Å²) in [5.41, 5.74) is 1.77. The van der Waals surface area contributed by atoms with Crippen molar-refractivity contribution in [3.8, 4) is 0 Å². The molecule has 0 spiro atoms. The molecule has 0 saturated carbocycles. The molecule has 1 fully saturated rings. The lowest BCUT2D eigenvalue weighted by molar-refractivity contribution is -0.131. The highest BCUT2D eigenvalue weighted by molar-refractivity contribution is 6.31. The zero-order valence-electron chi connectivity index (χ0n) is 12.8. The number of benzene rings is 1. The number of morpholine rings is 1. The summed E-state index contributed by atoms with van der Waals surface area (Å²) in [4.78, 5) is 26.6. The number of rotatable bonds is 2. The monoisotopic (exact) mass is 335 g/mol. The summed E-state index contributed by atoms with van der Waals surface area (Å²) in [6.07, 6.45) is 0. The summed E-state index contributed by atoms with van der Waals surface area (Å²) in [5, 5.41) is 5.99. The highest BCUT2D eigenvalue weighted by Crippen LogP contribution is 2.32. The Morgan fingerprint density at radius 3 is 2.70 bits per heavy atom. The molecule has 1 aromatic carbocycles. The number of urea groups is 1. The lowest BCUT2D eigenvalue weighted by Crippen LogP contribution is -2.49. The van der Waals surface area contributed by atoms with E-state index in [0.717, 1.165) is 0 Å². The fraction of sp³-hybridized carbons (Fsp3) is 0.375. The molecule has 0 aromatic heterocycles. The predicted octanol–water partition coefficient (Wildman–Crippen LogP) is 1.83. The molecule has 2 aliphatic rings. The zero-order chi connectivity index (χ0) is 16.4. The second-order valence-corrected chi connectivity index (χ2v) is 5.90. The molecular weight excluding hydrogens is 318 g/mol. The molecule has 122 valence electrons. The number of hydrogen-bond donors (Lipinski definition) is 2. The Morgan fingerprint density at radius 2 is 2.00 bits per heavy atom. The van der Waals surface area contributed by atoms with Gasteiger partial charge in [-0.25, -0.2) is 4.79 Å². The Kier molecular flexibility index (Phi) is 4.54. The Balaban J connectivity index is 1.99. The lowest BCUT2D eigenvalue weighted by Gasteiger charge is -2.34. The quantitative estimate of drug-likeness (QED) is 0.866. The van der Waals surface area contributed by atoms with Gasteiger partial charge in [-0.1, -0.05) is 29.8 Å². The number of halogens is 1. The predicted molar refractivity (Wildman–Crippen MR) is 86.0 cm³/mol. The molecule has 7 heteroatoms. The summed E-state index contributed by atoms with van der Waals surface area (Å²) >= 11 is 6.27. The molecule has 6 nitrogen and oxygen atoms in total. The fourth-order valence-electron chi connectivity index (χ4n) is 2.86.